The Balaban J connectivity index is 1.86. The highest BCUT2D eigenvalue weighted by molar-refractivity contribution is 7.91. The summed E-state index contributed by atoms with van der Waals surface area (Å²) < 4.78 is 29.7. The standard InChI is InChI=1S/C12H15N3O3S/c1-18-12-4-2-3-11-13-10(14-15(11)12)7-9-5-6-19(16,17)8-9/h2-4,9H,5-8H2,1H3. The van der Waals surface area contributed by atoms with Crippen LogP contribution >= 0.6 is 0 Å². The first-order valence-corrected chi connectivity index (χ1v) is 7.98. The van der Waals surface area contributed by atoms with Crippen LogP contribution in [-0.2, 0) is 16.3 Å². The van der Waals surface area contributed by atoms with Gasteiger partial charge >= 0.3 is 0 Å². The SMILES string of the molecule is COc1cccc2nc(CC3CCS(=O)(=O)C3)nn12. The van der Waals surface area contributed by atoms with Crippen molar-refractivity contribution in [1.29, 1.82) is 0 Å². The van der Waals surface area contributed by atoms with Crippen LogP contribution in [0.1, 0.15) is 12.2 Å². The molecule has 1 saturated heterocycles. The maximum absolute atomic E-state index is 11.4. The van der Waals surface area contributed by atoms with Crippen molar-refractivity contribution >= 4 is 15.5 Å². The molecule has 0 radical (unpaired) electrons. The molecule has 3 rings (SSSR count). The van der Waals surface area contributed by atoms with Crippen molar-refractivity contribution in [2.45, 2.75) is 12.8 Å². The maximum Gasteiger partial charge on any atom is 0.216 e. The fraction of sp³-hybridized carbons (Fsp3) is 0.500. The minimum Gasteiger partial charge on any atom is -0.481 e. The molecule has 1 fully saturated rings. The molecule has 102 valence electrons. The first-order chi connectivity index (χ1) is 9.07. The fourth-order valence-corrected chi connectivity index (χ4v) is 4.32. The molecule has 1 unspecified atom stereocenters. The summed E-state index contributed by atoms with van der Waals surface area (Å²) in [5, 5.41) is 4.38. The van der Waals surface area contributed by atoms with Gasteiger partial charge in [-0.05, 0) is 18.4 Å². The van der Waals surface area contributed by atoms with Crippen LogP contribution in [0, 0.1) is 5.92 Å². The Morgan fingerprint density at radius 1 is 1.47 bits per heavy atom. The van der Waals surface area contributed by atoms with Crippen molar-refractivity contribution in [2.24, 2.45) is 5.92 Å². The van der Waals surface area contributed by atoms with Gasteiger partial charge in [0.25, 0.3) is 0 Å². The Morgan fingerprint density at radius 3 is 3.00 bits per heavy atom. The van der Waals surface area contributed by atoms with Crippen LogP contribution in [0.3, 0.4) is 0 Å². The normalized spacial score (nSPS) is 21.8. The summed E-state index contributed by atoms with van der Waals surface area (Å²) in [7, 11) is -1.26. The second kappa shape index (κ2) is 4.48. The minimum absolute atomic E-state index is 0.133. The number of hydrogen-bond donors (Lipinski definition) is 0. The first kappa shape index (κ1) is 12.4. The molecule has 2 aromatic heterocycles. The van der Waals surface area contributed by atoms with Gasteiger partial charge in [-0.15, -0.1) is 5.10 Å². The Kier molecular flexibility index (Phi) is 2.93. The van der Waals surface area contributed by atoms with Crippen molar-refractivity contribution in [1.82, 2.24) is 14.6 Å². The van der Waals surface area contributed by atoms with E-state index >= 15 is 0 Å². The molecule has 3 heterocycles. The molecule has 1 atom stereocenters. The van der Waals surface area contributed by atoms with Crippen LogP contribution in [0.2, 0.25) is 0 Å². The number of nitrogens with zero attached hydrogens (tertiary/aromatic N) is 3. The molecule has 0 bridgehead atoms. The average molecular weight is 281 g/mol. The van der Waals surface area contributed by atoms with Gasteiger partial charge in [0.15, 0.2) is 21.3 Å². The van der Waals surface area contributed by atoms with Crippen molar-refractivity contribution in [2.75, 3.05) is 18.6 Å². The van der Waals surface area contributed by atoms with Crippen LogP contribution in [0.25, 0.3) is 5.65 Å². The predicted molar refractivity (Wildman–Crippen MR) is 70.0 cm³/mol. The second-order valence-corrected chi connectivity index (χ2v) is 7.07. The molecule has 0 N–H and O–H groups in total. The Hall–Kier alpha value is -1.63. The molecule has 0 saturated carbocycles. The van der Waals surface area contributed by atoms with Gasteiger partial charge in [0.1, 0.15) is 0 Å². The highest BCUT2D eigenvalue weighted by atomic mass is 32.2. The van der Waals surface area contributed by atoms with Crippen LogP contribution < -0.4 is 4.74 Å². The third kappa shape index (κ3) is 2.42. The minimum atomic E-state index is -2.85. The summed E-state index contributed by atoms with van der Waals surface area (Å²) in [6.07, 6.45) is 1.30. The Bertz CT molecular complexity index is 708. The predicted octanol–water partition coefficient (Wildman–Crippen LogP) is 0.715. The fourth-order valence-electron chi connectivity index (χ4n) is 2.46. The van der Waals surface area contributed by atoms with Gasteiger partial charge < -0.3 is 4.74 Å². The summed E-state index contributed by atoms with van der Waals surface area (Å²) in [5.74, 6) is 1.96. The van der Waals surface area contributed by atoms with E-state index in [1.54, 1.807) is 11.6 Å². The van der Waals surface area contributed by atoms with Gasteiger partial charge in [-0.25, -0.2) is 13.4 Å². The Morgan fingerprint density at radius 2 is 2.32 bits per heavy atom. The van der Waals surface area contributed by atoms with E-state index in [0.29, 0.717) is 24.5 Å². The van der Waals surface area contributed by atoms with Gasteiger partial charge in [-0.3, -0.25) is 0 Å². The van der Waals surface area contributed by atoms with E-state index in [4.69, 9.17) is 4.74 Å². The molecule has 0 amide bonds. The monoisotopic (exact) mass is 281 g/mol. The summed E-state index contributed by atoms with van der Waals surface area (Å²) in [6.45, 7) is 0. The zero-order chi connectivity index (χ0) is 13.5. The number of methoxy groups -OCH3 is 1. The van der Waals surface area contributed by atoms with E-state index in [1.165, 1.54) is 0 Å². The Labute approximate surface area is 111 Å². The van der Waals surface area contributed by atoms with Crippen molar-refractivity contribution in [3.8, 4) is 5.88 Å². The van der Waals surface area contributed by atoms with E-state index in [-0.39, 0.29) is 17.4 Å². The molecular formula is C12H15N3O3S. The lowest BCUT2D eigenvalue weighted by atomic mass is 10.1. The van der Waals surface area contributed by atoms with Crippen LogP contribution in [0.5, 0.6) is 5.88 Å². The van der Waals surface area contributed by atoms with Crippen molar-refractivity contribution < 1.29 is 13.2 Å². The van der Waals surface area contributed by atoms with E-state index in [0.717, 1.165) is 5.65 Å². The lowest BCUT2D eigenvalue weighted by Gasteiger charge is -2.02. The maximum atomic E-state index is 11.4. The third-order valence-corrected chi connectivity index (χ3v) is 5.21. The van der Waals surface area contributed by atoms with Gasteiger partial charge in [-0.2, -0.15) is 4.52 Å². The van der Waals surface area contributed by atoms with Gasteiger partial charge in [0.05, 0.1) is 18.6 Å². The number of pyridine rings is 1. The average Bonchev–Trinajstić information content (AvgIpc) is 2.91. The smallest absolute Gasteiger partial charge is 0.216 e. The van der Waals surface area contributed by atoms with E-state index < -0.39 is 9.84 Å². The van der Waals surface area contributed by atoms with Gasteiger partial charge in [0.2, 0.25) is 5.88 Å². The topological polar surface area (TPSA) is 73.6 Å². The largest absolute Gasteiger partial charge is 0.481 e. The third-order valence-electron chi connectivity index (χ3n) is 3.38. The summed E-state index contributed by atoms with van der Waals surface area (Å²) in [4.78, 5) is 4.41. The van der Waals surface area contributed by atoms with Gasteiger partial charge in [-0.1, -0.05) is 6.07 Å². The van der Waals surface area contributed by atoms with Crippen LogP contribution in [-0.4, -0.2) is 41.6 Å². The van der Waals surface area contributed by atoms with E-state index in [9.17, 15) is 8.42 Å². The van der Waals surface area contributed by atoms with E-state index in [2.05, 4.69) is 10.1 Å². The number of aromatic nitrogens is 3. The lowest BCUT2D eigenvalue weighted by Crippen LogP contribution is -2.08. The summed E-state index contributed by atoms with van der Waals surface area (Å²) in [5.41, 5.74) is 0.718. The van der Waals surface area contributed by atoms with Crippen molar-refractivity contribution in [3.05, 3.63) is 24.0 Å². The van der Waals surface area contributed by atoms with Crippen LogP contribution in [0.15, 0.2) is 18.2 Å². The van der Waals surface area contributed by atoms with Crippen LogP contribution in [0.4, 0.5) is 0 Å². The highest BCUT2D eigenvalue weighted by Gasteiger charge is 2.28. The molecule has 2 aromatic rings. The van der Waals surface area contributed by atoms with E-state index in [1.807, 2.05) is 18.2 Å². The molecule has 0 aromatic carbocycles. The number of ether oxygens (including phenoxy) is 1. The quantitative estimate of drug-likeness (QED) is 0.828. The zero-order valence-electron chi connectivity index (χ0n) is 10.6. The number of hydrogen-bond acceptors (Lipinski definition) is 5. The summed E-state index contributed by atoms with van der Waals surface area (Å²) >= 11 is 0. The highest BCUT2D eigenvalue weighted by Crippen LogP contribution is 2.22. The number of rotatable bonds is 3. The second-order valence-electron chi connectivity index (χ2n) is 4.84. The molecule has 0 spiro atoms. The molecule has 0 aliphatic carbocycles. The molecule has 1 aliphatic rings. The summed E-state index contributed by atoms with van der Waals surface area (Å²) in [6, 6.07) is 5.52. The molecule has 6 nitrogen and oxygen atoms in total. The number of fused-ring (bicyclic) bond motifs is 1. The first-order valence-electron chi connectivity index (χ1n) is 6.16. The molecule has 7 heteroatoms. The lowest BCUT2D eigenvalue weighted by molar-refractivity contribution is 0.385. The number of sulfone groups is 1. The molecule has 19 heavy (non-hydrogen) atoms. The van der Waals surface area contributed by atoms with Crippen molar-refractivity contribution in [3.63, 3.8) is 0 Å². The molecule has 1 aliphatic heterocycles. The molecular weight excluding hydrogens is 266 g/mol. The van der Waals surface area contributed by atoms with Gasteiger partial charge in [0, 0.05) is 12.5 Å². The zero-order valence-corrected chi connectivity index (χ0v) is 11.4.